The Kier molecular flexibility index (Phi) is 12.3. The SMILES string of the molecule is C[C@@H]1CCCCO[C@@H](CN(C)C(=O)Nc2ccc3c(c2)OCO3)[C@@H](C)CN([C@H](C)CO)C(=O)c2cc(NS(=O)(=O)c3ccc(F)cc3)ccc2O1. The Morgan fingerprint density at radius 3 is 2.47 bits per heavy atom. The fraction of sp³-hybridized carbons (Fsp3) is 0.444. The number of amides is 3. The average Bonchev–Trinajstić information content (AvgIpc) is 3.57. The number of likely N-dealkylation sites (N-methyl/N-ethyl adjacent to an activating group) is 1. The van der Waals surface area contributed by atoms with Crippen molar-refractivity contribution in [2.45, 2.75) is 63.2 Å². The number of halogens is 1. The van der Waals surface area contributed by atoms with Crippen LogP contribution in [0.15, 0.2) is 65.6 Å². The topological polar surface area (TPSA) is 156 Å². The molecule has 2 aliphatic rings. The van der Waals surface area contributed by atoms with E-state index in [1.54, 1.807) is 38.2 Å². The Labute approximate surface area is 297 Å². The summed E-state index contributed by atoms with van der Waals surface area (Å²) in [4.78, 5) is 30.5. The minimum atomic E-state index is -4.11. The largest absolute Gasteiger partial charge is 0.490 e. The lowest BCUT2D eigenvalue weighted by Crippen LogP contribution is -2.48. The van der Waals surface area contributed by atoms with Gasteiger partial charge in [-0.15, -0.1) is 0 Å². The summed E-state index contributed by atoms with van der Waals surface area (Å²) in [7, 11) is -2.45. The summed E-state index contributed by atoms with van der Waals surface area (Å²) in [5.41, 5.74) is 0.743. The molecule has 51 heavy (non-hydrogen) atoms. The second kappa shape index (κ2) is 16.6. The second-order valence-corrected chi connectivity index (χ2v) is 14.6. The van der Waals surface area contributed by atoms with Gasteiger partial charge in [0.1, 0.15) is 11.6 Å². The summed E-state index contributed by atoms with van der Waals surface area (Å²) in [6, 6.07) is 13.0. The molecule has 276 valence electrons. The predicted octanol–water partition coefficient (Wildman–Crippen LogP) is 5.31. The van der Waals surface area contributed by atoms with E-state index in [9.17, 15) is 27.5 Å². The number of aliphatic hydroxyl groups excluding tert-OH is 1. The first-order valence-electron chi connectivity index (χ1n) is 16.9. The van der Waals surface area contributed by atoms with Gasteiger partial charge in [0.2, 0.25) is 6.79 Å². The Balaban J connectivity index is 1.39. The molecule has 3 aromatic rings. The van der Waals surface area contributed by atoms with Crippen LogP contribution >= 0.6 is 0 Å². The van der Waals surface area contributed by atoms with E-state index >= 15 is 0 Å². The first-order chi connectivity index (χ1) is 24.3. The predicted molar refractivity (Wildman–Crippen MR) is 188 cm³/mol. The van der Waals surface area contributed by atoms with Crippen molar-refractivity contribution in [2.24, 2.45) is 5.92 Å². The normalized spacial score (nSPS) is 20.4. The zero-order valence-electron chi connectivity index (χ0n) is 29.1. The molecule has 0 aromatic heterocycles. The molecule has 0 radical (unpaired) electrons. The molecule has 2 aliphatic heterocycles. The summed E-state index contributed by atoms with van der Waals surface area (Å²) >= 11 is 0. The average molecular weight is 729 g/mol. The number of sulfonamides is 1. The van der Waals surface area contributed by atoms with Gasteiger partial charge in [-0.1, -0.05) is 6.92 Å². The number of carbonyl (C=O) groups excluding carboxylic acids is 2. The molecule has 0 bridgehead atoms. The third-order valence-electron chi connectivity index (χ3n) is 8.85. The Morgan fingerprint density at radius 1 is 1.02 bits per heavy atom. The van der Waals surface area contributed by atoms with Gasteiger partial charge in [0.05, 0.1) is 35.3 Å². The Bertz CT molecular complexity index is 1790. The number of urea groups is 1. The zero-order valence-corrected chi connectivity index (χ0v) is 30.0. The monoisotopic (exact) mass is 728 g/mol. The van der Waals surface area contributed by atoms with E-state index in [0.717, 1.165) is 37.1 Å². The maximum absolute atomic E-state index is 14.4. The number of rotatable bonds is 8. The van der Waals surface area contributed by atoms with E-state index in [4.69, 9.17) is 18.9 Å². The molecule has 13 nitrogen and oxygen atoms in total. The minimum Gasteiger partial charge on any atom is -0.490 e. The number of fused-ring (bicyclic) bond motifs is 2. The molecule has 5 rings (SSSR count). The fourth-order valence-electron chi connectivity index (χ4n) is 5.82. The maximum Gasteiger partial charge on any atom is 0.321 e. The number of hydrogen-bond donors (Lipinski definition) is 3. The van der Waals surface area contributed by atoms with Crippen molar-refractivity contribution >= 4 is 33.3 Å². The van der Waals surface area contributed by atoms with Gasteiger partial charge in [-0.3, -0.25) is 9.52 Å². The first kappa shape index (κ1) is 37.7. The fourth-order valence-corrected chi connectivity index (χ4v) is 6.87. The number of nitrogens with one attached hydrogen (secondary N) is 2. The van der Waals surface area contributed by atoms with Crippen molar-refractivity contribution in [3.05, 3.63) is 72.0 Å². The summed E-state index contributed by atoms with van der Waals surface area (Å²) in [5.74, 6) is 0.0387. The lowest BCUT2D eigenvalue weighted by molar-refractivity contribution is -0.0115. The van der Waals surface area contributed by atoms with Crippen LogP contribution in [-0.2, 0) is 14.8 Å². The summed E-state index contributed by atoms with van der Waals surface area (Å²) in [5, 5.41) is 13.1. The second-order valence-electron chi connectivity index (χ2n) is 12.9. The van der Waals surface area contributed by atoms with E-state index in [2.05, 4.69) is 10.0 Å². The van der Waals surface area contributed by atoms with Crippen LogP contribution in [0.25, 0.3) is 0 Å². The molecule has 0 saturated carbocycles. The molecule has 3 amide bonds. The van der Waals surface area contributed by atoms with Crippen molar-refractivity contribution in [3.63, 3.8) is 0 Å². The van der Waals surface area contributed by atoms with Gasteiger partial charge < -0.3 is 39.2 Å². The van der Waals surface area contributed by atoms with Crippen LogP contribution in [0.1, 0.15) is 50.4 Å². The molecule has 0 saturated heterocycles. The Morgan fingerprint density at radius 2 is 1.73 bits per heavy atom. The number of aliphatic hydroxyl groups is 1. The van der Waals surface area contributed by atoms with Gasteiger partial charge in [0, 0.05) is 50.1 Å². The van der Waals surface area contributed by atoms with Crippen molar-refractivity contribution in [1.29, 1.82) is 0 Å². The lowest BCUT2D eigenvalue weighted by Gasteiger charge is -2.35. The van der Waals surface area contributed by atoms with Crippen LogP contribution in [0.4, 0.5) is 20.6 Å². The van der Waals surface area contributed by atoms with Gasteiger partial charge in [-0.05, 0) is 87.7 Å². The van der Waals surface area contributed by atoms with Crippen LogP contribution in [0.3, 0.4) is 0 Å². The summed E-state index contributed by atoms with van der Waals surface area (Å²) in [6.45, 7) is 6.06. The molecule has 0 unspecified atom stereocenters. The molecular weight excluding hydrogens is 683 g/mol. The van der Waals surface area contributed by atoms with E-state index in [1.165, 1.54) is 21.9 Å². The highest BCUT2D eigenvalue weighted by atomic mass is 32.2. The number of ether oxygens (including phenoxy) is 4. The summed E-state index contributed by atoms with van der Waals surface area (Å²) in [6.07, 6.45) is 1.39. The summed E-state index contributed by atoms with van der Waals surface area (Å²) < 4.78 is 65.5. The van der Waals surface area contributed by atoms with E-state index < -0.39 is 33.9 Å². The molecule has 3 N–H and O–H groups in total. The molecule has 0 spiro atoms. The molecule has 0 fully saturated rings. The number of nitrogens with zero attached hydrogens (tertiary/aromatic N) is 2. The molecule has 4 atom stereocenters. The highest BCUT2D eigenvalue weighted by Crippen LogP contribution is 2.34. The van der Waals surface area contributed by atoms with Crippen LogP contribution in [0, 0.1) is 11.7 Å². The van der Waals surface area contributed by atoms with Gasteiger partial charge in [0.25, 0.3) is 15.9 Å². The Hall–Kier alpha value is -4.60. The number of anilines is 2. The smallest absolute Gasteiger partial charge is 0.321 e. The van der Waals surface area contributed by atoms with Crippen molar-refractivity contribution in [1.82, 2.24) is 9.80 Å². The molecule has 3 aromatic carbocycles. The third-order valence-corrected chi connectivity index (χ3v) is 10.2. The maximum atomic E-state index is 14.4. The van der Waals surface area contributed by atoms with Gasteiger partial charge in [0.15, 0.2) is 11.5 Å². The van der Waals surface area contributed by atoms with Crippen molar-refractivity contribution < 1.29 is 46.5 Å². The van der Waals surface area contributed by atoms with Crippen molar-refractivity contribution in [2.75, 3.05) is 50.2 Å². The number of carbonyl (C=O) groups is 2. The zero-order chi connectivity index (χ0) is 36.7. The van der Waals surface area contributed by atoms with Gasteiger partial charge >= 0.3 is 6.03 Å². The van der Waals surface area contributed by atoms with Crippen LogP contribution in [0.2, 0.25) is 0 Å². The molecular formula is C36H45FN4O9S. The van der Waals surface area contributed by atoms with Crippen LogP contribution in [-0.4, -0.2) is 93.7 Å². The molecule has 0 aliphatic carbocycles. The van der Waals surface area contributed by atoms with Crippen LogP contribution in [0.5, 0.6) is 17.2 Å². The highest BCUT2D eigenvalue weighted by Gasteiger charge is 2.31. The third kappa shape index (κ3) is 9.60. The number of benzene rings is 3. The van der Waals surface area contributed by atoms with E-state index in [0.29, 0.717) is 30.2 Å². The molecule has 2 heterocycles. The standard InChI is InChI=1S/C36H45FN4O9S/c1-23-19-41(24(2)21-42)35(43)30-17-28(39-51(45,46)29-12-8-26(37)9-13-29)11-14-31(30)50-25(3)7-5-6-16-47-34(23)20-40(4)36(44)38-27-10-15-32-33(18-27)49-22-48-32/h8-15,17-18,23-25,34,39,42H,5-7,16,19-22H2,1-4H3,(H,38,44)/t23-,24+,25+,34-/m0/s1. The quantitative estimate of drug-likeness (QED) is 0.280. The van der Waals surface area contributed by atoms with Gasteiger partial charge in [-0.25, -0.2) is 17.6 Å². The molecule has 15 heteroatoms. The first-order valence-corrected chi connectivity index (χ1v) is 18.4. The lowest BCUT2D eigenvalue weighted by atomic mass is 10.0. The highest BCUT2D eigenvalue weighted by molar-refractivity contribution is 7.92. The number of hydrogen-bond acceptors (Lipinski definition) is 9. The minimum absolute atomic E-state index is 0.100. The van der Waals surface area contributed by atoms with Crippen LogP contribution < -0.4 is 24.2 Å². The van der Waals surface area contributed by atoms with E-state index in [-0.39, 0.29) is 66.4 Å². The van der Waals surface area contributed by atoms with Gasteiger partial charge in [-0.2, -0.15) is 0 Å². The van der Waals surface area contributed by atoms with Crippen molar-refractivity contribution in [3.8, 4) is 17.2 Å². The van der Waals surface area contributed by atoms with E-state index in [1.807, 2.05) is 13.8 Å².